The van der Waals surface area contributed by atoms with Crippen LogP contribution in [0.4, 0.5) is 0 Å². The molecule has 2 aromatic heterocycles. The van der Waals surface area contributed by atoms with Crippen LogP contribution in [0.1, 0.15) is 22.8 Å². The minimum Gasteiger partial charge on any atom is -0.711 e. The van der Waals surface area contributed by atoms with E-state index in [4.69, 9.17) is 9.47 Å². The van der Waals surface area contributed by atoms with Crippen LogP contribution in [-0.2, 0) is 4.74 Å². The van der Waals surface area contributed by atoms with E-state index in [2.05, 4.69) is 10.3 Å². The van der Waals surface area contributed by atoms with E-state index in [1.807, 2.05) is 0 Å². The second kappa shape index (κ2) is 7.00. The maximum absolute atomic E-state index is 12.0. The van der Waals surface area contributed by atoms with E-state index >= 15 is 0 Å². The number of hydrogen-bond donors (Lipinski definition) is 0. The summed E-state index contributed by atoms with van der Waals surface area (Å²) in [6, 6.07) is 8.20. The molecule has 8 nitrogen and oxygen atoms in total. The number of hydrogen-bond acceptors (Lipinski definition) is 6. The highest BCUT2D eigenvalue weighted by Crippen LogP contribution is 2.27. The highest BCUT2D eigenvalue weighted by molar-refractivity contribution is 5.91. The van der Waals surface area contributed by atoms with Crippen molar-refractivity contribution >= 4 is 5.97 Å². The van der Waals surface area contributed by atoms with Crippen LogP contribution in [0.2, 0.25) is 0 Å². The molecule has 0 unspecified atom stereocenters. The van der Waals surface area contributed by atoms with Gasteiger partial charge < -0.3 is 14.7 Å². The fourth-order valence-corrected chi connectivity index (χ4v) is 2.30. The summed E-state index contributed by atoms with van der Waals surface area (Å²) in [5.74, 6) is 0.772. The number of aromatic nitrogens is 4. The minimum absolute atomic E-state index is 0.245. The molecule has 8 heteroatoms. The third-order valence-electron chi connectivity index (χ3n) is 3.54. The number of carbonyl (C=O) groups excluding carboxylic acids is 1. The monoisotopic (exact) mass is 340 g/mol. The van der Waals surface area contributed by atoms with Crippen LogP contribution in [0.15, 0.2) is 48.9 Å². The Morgan fingerprint density at radius 1 is 1.36 bits per heavy atom. The van der Waals surface area contributed by atoms with E-state index in [0.29, 0.717) is 34.0 Å². The van der Waals surface area contributed by atoms with Crippen LogP contribution < -0.4 is 9.47 Å². The molecule has 0 atom stereocenters. The molecule has 0 amide bonds. The van der Waals surface area contributed by atoms with Crippen molar-refractivity contribution in [2.45, 2.75) is 13.8 Å². The van der Waals surface area contributed by atoms with E-state index in [1.54, 1.807) is 38.2 Å². The number of rotatable bonds is 5. The van der Waals surface area contributed by atoms with Gasteiger partial charge in [-0.05, 0) is 26.0 Å². The number of esters is 1. The zero-order valence-electron chi connectivity index (χ0n) is 13.7. The van der Waals surface area contributed by atoms with Gasteiger partial charge in [0.1, 0.15) is 17.7 Å². The Morgan fingerprint density at radius 3 is 2.92 bits per heavy atom. The molecule has 3 aromatic rings. The fraction of sp³-hybridized carbons (Fsp3) is 0.176. The third-order valence-corrected chi connectivity index (χ3v) is 3.54. The van der Waals surface area contributed by atoms with Gasteiger partial charge in [-0.15, -0.1) is 5.10 Å². The van der Waals surface area contributed by atoms with Gasteiger partial charge in [0.05, 0.1) is 30.6 Å². The SMILES string of the molecule is CCOC(=O)c1cccc(Oc2cc[n+]([O-])c(-n3ccnn3)c2)c1C. The third kappa shape index (κ3) is 3.42. The van der Waals surface area contributed by atoms with Gasteiger partial charge in [-0.3, -0.25) is 0 Å². The lowest BCUT2D eigenvalue weighted by molar-refractivity contribution is -0.600. The summed E-state index contributed by atoms with van der Waals surface area (Å²) in [7, 11) is 0. The smallest absolute Gasteiger partial charge is 0.338 e. The maximum Gasteiger partial charge on any atom is 0.338 e. The van der Waals surface area contributed by atoms with Crippen LogP contribution in [0, 0.1) is 12.1 Å². The number of nitrogens with zero attached hydrogens (tertiary/aromatic N) is 4. The molecule has 0 aliphatic carbocycles. The second-order valence-corrected chi connectivity index (χ2v) is 5.15. The van der Waals surface area contributed by atoms with Gasteiger partial charge in [-0.2, -0.15) is 0 Å². The molecule has 25 heavy (non-hydrogen) atoms. The molecular formula is C17H16N4O4. The Kier molecular flexibility index (Phi) is 4.60. The Balaban J connectivity index is 1.92. The molecule has 2 heterocycles. The lowest BCUT2D eigenvalue weighted by Crippen LogP contribution is -2.31. The summed E-state index contributed by atoms with van der Waals surface area (Å²) in [6.45, 7) is 3.82. The zero-order chi connectivity index (χ0) is 17.8. The Hall–Kier alpha value is -3.42. The largest absolute Gasteiger partial charge is 0.711 e. The summed E-state index contributed by atoms with van der Waals surface area (Å²) in [5.41, 5.74) is 1.09. The zero-order valence-corrected chi connectivity index (χ0v) is 13.7. The molecule has 0 aliphatic rings. The first-order valence-corrected chi connectivity index (χ1v) is 7.64. The molecular weight excluding hydrogens is 324 g/mol. The molecule has 0 fully saturated rings. The molecule has 0 saturated heterocycles. The van der Waals surface area contributed by atoms with Crippen LogP contribution >= 0.6 is 0 Å². The van der Waals surface area contributed by atoms with E-state index in [0.717, 1.165) is 0 Å². The molecule has 128 valence electrons. The van der Waals surface area contributed by atoms with Crippen molar-refractivity contribution in [3.8, 4) is 17.3 Å². The maximum atomic E-state index is 12.0. The van der Waals surface area contributed by atoms with E-state index in [-0.39, 0.29) is 5.82 Å². The van der Waals surface area contributed by atoms with Gasteiger partial charge >= 0.3 is 11.8 Å². The highest BCUT2D eigenvalue weighted by Gasteiger charge is 2.16. The Labute approximate surface area is 143 Å². The minimum atomic E-state index is -0.404. The molecule has 1 aromatic carbocycles. The Bertz CT molecular complexity index is 894. The van der Waals surface area contributed by atoms with Crippen molar-refractivity contribution in [3.63, 3.8) is 0 Å². The highest BCUT2D eigenvalue weighted by atomic mass is 16.5. The van der Waals surface area contributed by atoms with Gasteiger partial charge in [0.15, 0.2) is 0 Å². The van der Waals surface area contributed by atoms with E-state index in [9.17, 15) is 10.0 Å². The summed E-state index contributed by atoms with van der Waals surface area (Å²) in [4.78, 5) is 12.0. The average molecular weight is 340 g/mol. The van der Waals surface area contributed by atoms with Crippen LogP contribution in [0.5, 0.6) is 11.5 Å². The standard InChI is InChI=1S/C17H16N4O4/c1-3-24-17(22)14-5-4-6-15(12(14)2)25-13-7-9-21(23)16(11-13)20-10-8-18-19-20/h4-11H,3H2,1-2H3. The van der Waals surface area contributed by atoms with Gasteiger partial charge in [0.25, 0.3) is 0 Å². The van der Waals surface area contributed by atoms with Crippen molar-refractivity contribution in [3.05, 3.63) is 65.3 Å². The molecule has 3 rings (SSSR count). The first-order chi connectivity index (χ1) is 12.1. The van der Waals surface area contributed by atoms with Gasteiger partial charge in [-0.25, -0.2) is 9.52 Å². The first-order valence-electron chi connectivity index (χ1n) is 7.64. The quantitative estimate of drug-likeness (QED) is 0.401. The van der Waals surface area contributed by atoms with Gasteiger partial charge in [-0.1, -0.05) is 10.7 Å². The first kappa shape index (κ1) is 16.4. The average Bonchev–Trinajstić information content (AvgIpc) is 3.13. The lowest BCUT2D eigenvalue weighted by Gasteiger charge is -2.13. The number of ether oxygens (including phenoxy) is 2. The predicted molar refractivity (Wildman–Crippen MR) is 87.5 cm³/mol. The molecule has 0 bridgehead atoms. The number of pyridine rings is 1. The lowest BCUT2D eigenvalue weighted by atomic mass is 10.1. The number of carbonyl (C=O) groups is 1. The molecule has 0 spiro atoms. The Morgan fingerprint density at radius 2 is 2.20 bits per heavy atom. The van der Waals surface area contributed by atoms with Crippen molar-refractivity contribution in [1.29, 1.82) is 0 Å². The van der Waals surface area contributed by atoms with Crippen LogP contribution in [0.3, 0.4) is 0 Å². The summed E-state index contributed by atoms with van der Waals surface area (Å²) < 4.78 is 12.9. The number of benzene rings is 1. The van der Waals surface area contributed by atoms with Crippen LogP contribution in [0.25, 0.3) is 5.82 Å². The molecule has 0 radical (unpaired) electrons. The molecule has 0 saturated carbocycles. The van der Waals surface area contributed by atoms with E-state index in [1.165, 1.54) is 29.2 Å². The molecule has 0 N–H and O–H groups in total. The fourth-order valence-electron chi connectivity index (χ4n) is 2.30. The van der Waals surface area contributed by atoms with Gasteiger partial charge in [0.2, 0.25) is 0 Å². The molecule has 0 aliphatic heterocycles. The summed E-state index contributed by atoms with van der Waals surface area (Å²) in [6.07, 6.45) is 4.34. The summed E-state index contributed by atoms with van der Waals surface area (Å²) in [5, 5.41) is 19.4. The topological polar surface area (TPSA) is 93.2 Å². The van der Waals surface area contributed by atoms with Gasteiger partial charge in [0, 0.05) is 16.8 Å². The second-order valence-electron chi connectivity index (χ2n) is 5.15. The van der Waals surface area contributed by atoms with Crippen molar-refractivity contribution in [2.24, 2.45) is 0 Å². The van der Waals surface area contributed by atoms with E-state index < -0.39 is 5.97 Å². The van der Waals surface area contributed by atoms with Crippen LogP contribution in [-0.4, -0.2) is 27.6 Å². The van der Waals surface area contributed by atoms with Crippen molar-refractivity contribution in [1.82, 2.24) is 15.0 Å². The normalized spacial score (nSPS) is 10.5. The van der Waals surface area contributed by atoms with Crippen molar-refractivity contribution < 1.29 is 19.0 Å². The van der Waals surface area contributed by atoms with Crippen molar-refractivity contribution in [2.75, 3.05) is 6.61 Å². The predicted octanol–water partition coefficient (Wildman–Crippen LogP) is 2.18. The summed E-state index contributed by atoms with van der Waals surface area (Å²) >= 11 is 0.